The third-order valence-corrected chi connectivity index (χ3v) is 9.56. The summed E-state index contributed by atoms with van der Waals surface area (Å²) in [7, 11) is 0. The molecular weight excluding hydrogens is 450 g/mol. The molecule has 8 heteroatoms. The lowest BCUT2D eigenvalue weighted by molar-refractivity contribution is -0.143. The van der Waals surface area contributed by atoms with Gasteiger partial charge >= 0.3 is 0 Å². The Morgan fingerprint density at radius 3 is 2.53 bits per heavy atom. The van der Waals surface area contributed by atoms with Crippen molar-refractivity contribution in [1.29, 1.82) is 0 Å². The van der Waals surface area contributed by atoms with Gasteiger partial charge in [0.15, 0.2) is 0 Å². The molecule has 3 saturated heterocycles. The molecule has 186 valence electrons. The Hall–Kier alpha value is -2.06. The normalized spacial score (nSPS) is 30.3. The van der Waals surface area contributed by atoms with E-state index in [1.807, 2.05) is 37.3 Å². The van der Waals surface area contributed by atoms with E-state index in [2.05, 4.69) is 17.6 Å². The summed E-state index contributed by atoms with van der Waals surface area (Å²) in [6, 6.07) is 8.07. The van der Waals surface area contributed by atoms with Crippen LogP contribution in [0.25, 0.3) is 0 Å². The number of fused-ring (bicyclic) bond motifs is 1. The maximum atomic E-state index is 14.1. The van der Waals surface area contributed by atoms with Crippen LogP contribution >= 0.6 is 11.8 Å². The molecule has 0 radical (unpaired) electrons. The Balaban J connectivity index is 1.70. The molecule has 3 aliphatic heterocycles. The lowest BCUT2D eigenvalue weighted by Crippen LogP contribution is -2.54. The number of likely N-dealkylation sites (tertiary alicyclic amines) is 1. The fourth-order valence-corrected chi connectivity index (χ4v) is 8.31. The smallest absolute Gasteiger partial charge is 0.244 e. The van der Waals surface area contributed by atoms with E-state index in [0.717, 1.165) is 44.1 Å². The molecule has 3 aliphatic rings. The summed E-state index contributed by atoms with van der Waals surface area (Å²) >= 11 is 1.66. The summed E-state index contributed by atoms with van der Waals surface area (Å²) in [5, 5.41) is 16.5. The molecule has 2 bridgehead atoms. The predicted molar refractivity (Wildman–Crippen MR) is 133 cm³/mol. The van der Waals surface area contributed by atoms with Gasteiger partial charge in [-0.15, -0.1) is 11.8 Å². The second kappa shape index (κ2) is 10.7. The maximum absolute atomic E-state index is 14.1. The van der Waals surface area contributed by atoms with Gasteiger partial charge in [0.1, 0.15) is 6.04 Å². The highest BCUT2D eigenvalue weighted by Crippen LogP contribution is 2.67. The molecule has 1 aromatic rings. The second-order valence-corrected chi connectivity index (χ2v) is 11.3. The molecule has 3 amide bonds. The number of hydrogen-bond donors (Lipinski definition) is 3. The predicted octanol–water partition coefficient (Wildman–Crippen LogP) is 2.64. The lowest BCUT2D eigenvalue weighted by atomic mass is 9.70. The van der Waals surface area contributed by atoms with Crippen LogP contribution in [0, 0.1) is 11.8 Å². The minimum absolute atomic E-state index is 0.0487. The van der Waals surface area contributed by atoms with E-state index in [9.17, 15) is 19.5 Å². The number of thioether (sulfide) groups is 1. The van der Waals surface area contributed by atoms with Crippen molar-refractivity contribution >= 4 is 29.5 Å². The van der Waals surface area contributed by atoms with E-state index in [4.69, 9.17) is 0 Å². The van der Waals surface area contributed by atoms with Crippen molar-refractivity contribution in [3.8, 4) is 0 Å². The molecule has 1 aromatic carbocycles. The first-order valence-electron chi connectivity index (χ1n) is 12.7. The van der Waals surface area contributed by atoms with Gasteiger partial charge in [-0.1, -0.05) is 57.0 Å². The number of rotatable bonds is 11. The van der Waals surface area contributed by atoms with Crippen molar-refractivity contribution in [3.63, 3.8) is 0 Å². The van der Waals surface area contributed by atoms with Crippen molar-refractivity contribution < 1.29 is 19.5 Å². The summed E-state index contributed by atoms with van der Waals surface area (Å²) in [6.07, 6.45) is 5.35. The van der Waals surface area contributed by atoms with Crippen molar-refractivity contribution in [2.24, 2.45) is 11.8 Å². The van der Waals surface area contributed by atoms with Crippen LogP contribution in [0.4, 0.5) is 0 Å². The topological polar surface area (TPSA) is 98.7 Å². The molecule has 0 aliphatic carbocycles. The number of nitrogens with zero attached hydrogens (tertiary/aromatic N) is 1. The average molecular weight is 488 g/mol. The highest BCUT2D eigenvalue weighted by molar-refractivity contribution is 8.02. The Morgan fingerprint density at radius 1 is 1.12 bits per heavy atom. The highest BCUT2D eigenvalue weighted by atomic mass is 32.2. The molecule has 1 spiro atoms. The van der Waals surface area contributed by atoms with E-state index in [1.165, 1.54) is 0 Å². The minimum Gasteiger partial charge on any atom is -0.394 e. The second-order valence-electron chi connectivity index (χ2n) is 9.70. The third kappa shape index (κ3) is 4.24. The zero-order valence-corrected chi connectivity index (χ0v) is 21.0. The number of unbranched alkanes of at least 4 members (excludes halogenated alkanes) is 2. The Morgan fingerprint density at radius 2 is 1.85 bits per heavy atom. The van der Waals surface area contributed by atoms with Gasteiger partial charge in [0, 0.05) is 18.3 Å². The van der Waals surface area contributed by atoms with E-state index < -0.39 is 28.7 Å². The summed E-state index contributed by atoms with van der Waals surface area (Å²) in [6.45, 7) is 4.99. The molecule has 34 heavy (non-hydrogen) atoms. The number of hydrogen-bond acceptors (Lipinski definition) is 5. The standard InChI is InChI=1S/C26H37N3O4S/c1-3-5-9-15-28-24(32)22-26-13-12-19(34-26)20(23(31)27-14-4-2)21(26)25(33)29(22)18(16-30)17-10-7-6-8-11-17/h6-8,10-11,18-22,30H,3-5,9,12-16H2,1-2H3,(H,27,31)(H,28,32)/t18-,19-,20+,21+,22?,26?/m1/s1. The van der Waals surface area contributed by atoms with Crippen LogP contribution in [0.2, 0.25) is 0 Å². The average Bonchev–Trinajstić information content (AvgIpc) is 3.49. The summed E-state index contributed by atoms with van der Waals surface area (Å²) < 4.78 is -0.632. The molecule has 3 N–H and O–H groups in total. The van der Waals surface area contributed by atoms with E-state index in [1.54, 1.807) is 16.7 Å². The number of aliphatic hydroxyl groups excluding tert-OH is 1. The maximum Gasteiger partial charge on any atom is 0.244 e. The van der Waals surface area contributed by atoms with Crippen molar-refractivity contribution in [1.82, 2.24) is 15.5 Å². The molecule has 2 unspecified atom stereocenters. The first-order chi connectivity index (χ1) is 16.5. The van der Waals surface area contributed by atoms with Crippen LogP contribution in [0.15, 0.2) is 30.3 Å². The van der Waals surface area contributed by atoms with Gasteiger partial charge in [0.25, 0.3) is 0 Å². The van der Waals surface area contributed by atoms with Crippen molar-refractivity contribution in [2.75, 3.05) is 19.7 Å². The van der Waals surface area contributed by atoms with E-state index in [-0.39, 0.29) is 29.6 Å². The monoisotopic (exact) mass is 487 g/mol. The first-order valence-corrected chi connectivity index (χ1v) is 13.6. The fraction of sp³-hybridized carbons (Fsp3) is 0.654. The third-order valence-electron chi connectivity index (χ3n) is 7.61. The number of carbonyl (C=O) groups excluding carboxylic acids is 3. The number of nitrogens with one attached hydrogen (secondary N) is 2. The fourth-order valence-electron chi connectivity index (χ4n) is 6.11. The van der Waals surface area contributed by atoms with E-state index >= 15 is 0 Å². The van der Waals surface area contributed by atoms with Crippen LogP contribution in [-0.4, -0.2) is 63.5 Å². The van der Waals surface area contributed by atoms with Crippen LogP contribution in [0.1, 0.15) is 64.0 Å². The highest BCUT2D eigenvalue weighted by Gasteiger charge is 2.74. The largest absolute Gasteiger partial charge is 0.394 e. The SMILES string of the molecule is CCCCCNC(=O)C1N([C@H](CO)c2ccccc2)C(=O)[C@@H]2[C@@H](C(=O)NCCC)[C@H]3CCC12S3. The molecule has 3 fully saturated rings. The first kappa shape index (κ1) is 25.0. The number of amides is 3. The molecule has 4 rings (SSSR count). The summed E-state index contributed by atoms with van der Waals surface area (Å²) in [5.74, 6) is -1.40. The van der Waals surface area contributed by atoms with Gasteiger partial charge in [0.2, 0.25) is 17.7 Å². The van der Waals surface area contributed by atoms with Gasteiger partial charge in [-0.2, -0.15) is 0 Å². The zero-order chi connectivity index (χ0) is 24.3. The number of benzene rings is 1. The minimum atomic E-state index is -0.706. The lowest BCUT2D eigenvalue weighted by Gasteiger charge is -2.37. The Kier molecular flexibility index (Phi) is 7.87. The summed E-state index contributed by atoms with van der Waals surface area (Å²) in [4.78, 5) is 42.5. The van der Waals surface area contributed by atoms with Gasteiger partial charge < -0.3 is 20.6 Å². The van der Waals surface area contributed by atoms with Gasteiger partial charge in [0.05, 0.1) is 29.2 Å². The summed E-state index contributed by atoms with van der Waals surface area (Å²) in [5.41, 5.74) is 0.796. The Bertz CT molecular complexity index is 897. The molecule has 0 aromatic heterocycles. The van der Waals surface area contributed by atoms with E-state index in [0.29, 0.717) is 13.1 Å². The van der Waals surface area contributed by atoms with Gasteiger partial charge in [-0.25, -0.2) is 0 Å². The van der Waals surface area contributed by atoms with Crippen molar-refractivity contribution in [3.05, 3.63) is 35.9 Å². The zero-order valence-electron chi connectivity index (χ0n) is 20.2. The molecule has 3 heterocycles. The van der Waals surface area contributed by atoms with Gasteiger partial charge in [-0.05, 0) is 31.2 Å². The number of carbonyl (C=O) groups is 3. The molecule has 6 atom stereocenters. The van der Waals surface area contributed by atoms with Crippen LogP contribution in [-0.2, 0) is 14.4 Å². The quantitative estimate of drug-likeness (QED) is 0.417. The van der Waals surface area contributed by atoms with Crippen molar-refractivity contribution in [2.45, 2.75) is 74.5 Å². The van der Waals surface area contributed by atoms with Crippen LogP contribution in [0.3, 0.4) is 0 Å². The van der Waals surface area contributed by atoms with Crippen LogP contribution in [0.5, 0.6) is 0 Å². The molecule has 7 nitrogen and oxygen atoms in total. The molecule has 0 saturated carbocycles. The molecular formula is C26H37N3O4S. The number of aliphatic hydroxyl groups is 1. The Labute approximate surface area is 206 Å². The van der Waals surface area contributed by atoms with Gasteiger partial charge in [-0.3, -0.25) is 14.4 Å². The van der Waals surface area contributed by atoms with Crippen LogP contribution < -0.4 is 10.6 Å².